The number of benzene rings is 1. The van der Waals surface area contributed by atoms with E-state index in [1.54, 1.807) is 18.6 Å². The normalized spacial score (nSPS) is 17.5. The lowest BCUT2D eigenvalue weighted by atomic mass is 9.95. The van der Waals surface area contributed by atoms with Crippen molar-refractivity contribution in [2.24, 2.45) is 0 Å². The monoisotopic (exact) mass is 321 g/mol. The van der Waals surface area contributed by atoms with Crippen LogP contribution in [0, 0.1) is 5.82 Å². The number of hydrogen-bond acceptors (Lipinski definition) is 4. The molecule has 1 saturated heterocycles. The quantitative estimate of drug-likeness (QED) is 0.869. The minimum Gasteiger partial charge on any atom is -0.261 e. The molecule has 0 N–H and O–H groups in total. The Hall–Kier alpha value is -1.86. The highest BCUT2D eigenvalue weighted by molar-refractivity contribution is 7.89. The molecule has 22 heavy (non-hydrogen) atoms. The third-order valence-corrected chi connectivity index (χ3v) is 5.84. The molecule has 3 rings (SSSR count). The van der Waals surface area contributed by atoms with Crippen LogP contribution in [0.3, 0.4) is 0 Å². The molecule has 1 aromatic carbocycles. The van der Waals surface area contributed by atoms with E-state index in [-0.39, 0.29) is 10.8 Å². The summed E-state index contributed by atoms with van der Waals surface area (Å²) in [6.07, 6.45) is 6.28. The number of aromatic nitrogens is 2. The maximum atomic E-state index is 13.8. The number of sulfonamides is 1. The lowest BCUT2D eigenvalue weighted by Gasteiger charge is -2.30. The molecule has 5 nitrogen and oxygen atoms in total. The molecule has 0 amide bonds. The van der Waals surface area contributed by atoms with Crippen molar-refractivity contribution in [1.82, 2.24) is 14.3 Å². The second-order valence-corrected chi connectivity index (χ2v) is 7.15. The summed E-state index contributed by atoms with van der Waals surface area (Å²) in [7, 11) is -3.78. The minimum atomic E-state index is -3.78. The van der Waals surface area contributed by atoms with Gasteiger partial charge in [0.1, 0.15) is 10.7 Å². The molecule has 0 spiro atoms. The molecule has 0 aliphatic carbocycles. The van der Waals surface area contributed by atoms with Gasteiger partial charge in [-0.05, 0) is 25.0 Å². The largest absolute Gasteiger partial charge is 0.261 e. The van der Waals surface area contributed by atoms with Crippen molar-refractivity contribution >= 4 is 10.0 Å². The fraction of sp³-hybridized carbons (Fsp3) is 0.333. The zero-order chi connectivity index (χ0) is 15.6. The number of halogens is 1. The standard InChI is InChI=1S/C15H16FN3O2S/c16-13-3-1-2-4-15(13)22(20,21)19-9-5-12(6-10-19)14-11-17-7-8-18-14/h1-4,7-8,11-12H,5-6,9-10H2. The summed E-state index contributed by atoms with van der Waals surface area (Å²) < 4.78 is 40.1. The SMILES string of the molecule is O=S(=O)(c1ccccc1F)N1CCC(c2cnccn2)CC1. The van der Waals surface area contributed by atoms with E-state index in [0.29, 0.717) is 25.9 Å². The van der Waals surface area contributed by atoms with E-state index >= 15 is 0 Å². The third kappa shape index (κ3) is 2.86. The highest BCUT2D eigenvalue weighted by Gasteiger charge is 2.31. The topological polar surface area (TPSA) is 63.2 Å². The third-order valence-electron chi connectivity index (χ3n) is 3.91. The molecule has 0 bridgehead atoms. The molecule has 1 aliphatic heterocycles. The molecule has 0 radical (unpaired) electrons. The van der Waals surface area contributed by atoms with Crippen molar-refractivity contribution in [3.05, 3.63) is 54.4 Å². The van der Waals surface area contributed by atoms with Crippen LogP contribution in [0.4, 0.5) is 4.39 Å². The highest BCUT2D eigenvalue weighted by Crippen LogP contribution is 2.29. The fourth-order valence-corrected chi connectivity index (χ4v) is 4.24. The molecule has 0 unspecified atom stereocenters. The van der Waals surface area contributed by atoms with Crippen molar-refractivity contribution in [2.75, 3.05) is 13.1 Å². The average molecular weight is 321 g/mol. The van der Waals surface area contributed by atoms with Crippen molar-refractivity contribution < 1.29 is 12.8 Å². The van der Waals surface area contributed by atoms with Crippen LogP contribution in [0.25, 0.3) is 0 Å². The van der Waals surface area contributed by atoms with Crippen molar-refractivity contribution in [2.45, 2.75) is 23.7 Å². The van der Waals surface area contributed by atoms with E-state index in [9.17, 15) is 12.8 Å². The van der Waals surface area contributed by atoms with Crippen LogP contribution in [-0.4, -0.2) is 35.8 Å². The van der Waals surface area contributed by atoms with Gasteiger partial charge in [0.25, 0.3) is 0 Å². The van der Waals surface area contributed by atoms with Crippen LogP contribution < -0.4 is 0 Å². The van der Waals surface area contributed by atoms with Gasteiger partial charge >= 0.3 is 0 Å². The predicted molar refractivity (Wildman–Crippen MR) is 79.2 cm³/mol. The summed E-state index contributed by atoms with van der Waals surface area (Å²) in [5, 5.41) is 0. The van der Waals surface area contributed by atoms with E-state index in [4.69, 9.17) is 0 Å². The first-order valence-electron chi connectivity index (χ1n) is 7.09. The Labute approximate surface area is 128 Å². The predicted octanol–water partition coefficient (Wildman–Crippen LogP) is 2.18. The van der Waals surface area contributed by atoms with Crippen LogP contribution in [0.5, 0.6) is 0 Å². The Morgan fingerprint density at radius 1 is 1.14 bits per heavy atom. The van der Waals surface area contributed by atoms with Crippen LogP contribution >= 0.6 is 0 Å². The van der Waals surface area contributed by atoms with E-state index < -0.39 is 15.8 Å². The van der Waals surface area contributed by atoms with E-state index in [1.165, 1.54) is 28.6 Å². The van der Waals surface area contributed by atoms with Gasteiger partial charge in [-0.25, -0.2) is 12.8 Å². The van der Waals surface area contributed by atoms with Crippen LogP contribution in [0.2, 0.25) is 0 Å². The lowest BCUT2D eigenvalue weighted by molar-refractivity contribution is 0.315. The lowest BCUT2D eigenvalue weighted by Crippen LogP contribution is -2.38. The summed E-state index contributed by atoms with van der Waals surface area (Å²) in [6.45, 7) is 0.718. The second-order valence-electron chi connectivity index (χ2n) is 5.24. The molecule has 1 aromatic heterocycles. The molecule has 7 heteroatoms. The van der Waals surface area contributed by atoms with Gasteiger partial charge in [0.2, 0.25) is 10.0 Å². The smallest absolute Gasteiger partial charge is 0.245 e. The maximum Gasteiger partial charge on any atom is 0.245 e. The summed E-state index contributed by atoms with van der Waals surface area (Å²) in [6, 6.07) is 5.48. The number of nitrogens with zero attached hydrogens (tertiary/aromatic N) is 3. The van der Waals surface area contributed by atoms with Gasteiger partial charge in [0.05, 0.1) is 5.69 Å². The summed E-state index contributed by atoms with van der Waals surface area (Å²) in [4.78, 5) is 8.06. The summed E-state index contributed by atoms with van der Waals surface area (Å²) in [5.41, 5.74) is 0.880. The molecule has 1 aliphatic rings. The first kappa shape index (κ1) is 15.1. The van der Waals surface area contributed by atoms with Crippen LogP contribution in [0.1, 0.15) is 24.5 Å². The van der Waals surface area contributed by atoms with Gasteiger partial charge in [-0.15, -0.1) is 0 Å². The summed E-state index contributed by atoms with van der Waals surface area (Å²) >= 11 is 0. The number of hydrogen-bond donors (Lipinski definition) is 0. The zero-order valence-electron chi connectivity index (χ0n) is 11.9. The Morgan fingerprint density at radius 3 is 2.50 bits per heavy atom. The molecular formula is C15H16FN3O2S. The Kier molecular flexibility index (Phi) is 4.17. The molecule has 2 heterocycles. The molecule has 2 aromatic rings. The van der Waals surface area contributed by atoms with Gasteiger partial charge in [-0.1, -0.05) is 12.1 Å². The highest BCUT2D eigenvalue weighted by atomic mass is 32.2. The van der Waals surface area contributed by atoms with E-state index in [1.807, 2.05) is 0 Å². The molecule has 0 saturated carbocycles. The minimum absolute atomic E-state index is 0.195. The van der Waals surface area contributed by atoms with Crippen molar-refractivity contribution in [1.29, 1.82) is 0 Å². The Bertz CT molecular complexity index is 744. The summed E-state index contributed by atoms with van der Waals surface area (Å²) in [5.74, 6) is -0.515. The Balaban J connectivity index is 1.75. The first-order chi connectivity index (χ1) is 10.6. The van der Waals surface area contributed by atoms with Crippen LogP contribution in [0.15, 0.2) is 47.8 Å². The molecular weight excluding hydrogens is 305 g/mol. The van der Waals surface area contributed by atoms with Crippen molar-refractivity contribution in [3.8, 4) is 0 Å². The van der Waals surface area contributed by atoms with Gasteiger partial charge in [0.15, 0.2) is 0 Å². The van der Waals surface area contributed by atoms with Gasteiger partial charge < -0.3 is 0 Å². The number of piperidine rings is 1. The molecule has 116 valence electrons. The maximum absolute atomic E-state index is 13.8. The molecule has 0 atom stereocenters. The van der Waals surface area contributed by atoms with E-state index in [0.717, 1.165) is 5.69 Å². The zero-order valence-corrected chi connectivity index (χ0v) is 12.7. The fourth-order valence-electron chi connectivity index (χ4n) is 2.71. The van der Waals surface area contributed by atoms with Crippen molar-refractivity contribution in [3.63, 3.8) is 0 Å². The van der Waals surface area contributed by atoms with E-state index in [2.05, 4.69) is 9.97 Å². The van der Waals surface area contributed by atoms with Crippen LogP contribution in [-0.2, 0) is 10.0 Å². The van der Waals surface area contributed by atoms with Gasteiger partial charge in [-0.3, -0.25) is 9.97 Å². The molecule has 1 fully saturated rings. The number of rotatable bonds is 3. The van der Waals surface area contributed by atoms with Gasteiger partial charge in [-0.2, -0.15) is 4.31 Å². The Morgan fingerprint density at radius 2 is 1.86 bits per heavy atom. The average Bonchev–Trinajstić information content (AvgIpc) is 2.56. The first-order valence-corrected chi connectivity index (χ1v) is 8.53. The second kappa shape index (κ2) is 6.10. The van der Waals surface area contributed by atoms with Gasteiger partial charge in [0, 0.05) is 37.6 Å².